The maximum absolute atomic E-state index is 12.4. The molecule has 1 amide bonds. The first-order valence-electron chi connectivity index (χ1n) is 9.17. The van der Waals surface area contributed by atoms with Crippen molar-refractivity contribution in [1.29, 1.82) is 0 Å². The Balaban J connectivity index is 0.00000280. The number of nitrogens with two attached hydrogens (primary N) is 1. The number of benzene rings is 1. The van der Waals surface area contributed by atoms with Crippen LogP contribution in [0.2, 0.25) is 0 Å². The Morgan fingerprint density at radius 1 is 1.18 bits per heavy atom. The van der Waals surface area contributed by atoms with E-state index in [0.29, 0.717) is 6.54 Å². The van der Waals surface area contributed by atoms with E-state index in [9.17, 15) is 4.79 Å². The SMILES string of the molecule is CCC(C)C(N)C(=O)NCc1cn(-c2ccccc2)nc1-c1ccncc1.Cl. The standard InChI is InChI=1S/C21H25N5O.ClH/c1-3-15(2)19(22)21(27)24-13-17-14-26(18-7-5-4-6-8-18)25-20(17)16-9-11-23-12-10-16;/h4-12,14-15,19H,3,13,22H2,1-2H3,(H,24,27);1H. The summed E-state index contributed by atoms with van der Waals surface area (Å²) >= 11 is 0. The van der Waals surface area contributed by atoms with Gasteiger partial charge in [0.1, 0.15) is 0 Å². The molecule has 3 rings (SSSR count). The van der Waals surface area contributed by atoms with Crippen molar-refractivity contribution in [3.8, 4) is 16.9 Å². The Morgan fingerprint density at radius 3 is 2.50 bits per heavy atom. The number of nitrogens with one attached hydrogen (secondary N) is 1. The van der Waals surface area contributed by atoms with Crippen molar-refractivity contribution in [1.82, 2.24) is 20.1 Å². The summed E-state index contributed by atoms with van der Waals surface area (Å²) in [5.74, 6) is -0.00537. The minimum absolute atomic E-state index is 0. The number of hydrogen-bond acceptors (Lipinski definition) is 4. The van der Waals surface area contributed by atoms with E-state index in [0.717, 1.165) is 28.9 Å². The fraction of sp³-hybridized carbons (Fsp3) is 0.286. The summed E-state index contributed by atoms with van der Waals surface area (Å²) in [6, 6.07) is 13.2. The average Bonchev–Trinajstić information content (AvgIpc) is 3.16. The lowest BCUT2D eigenvalue weighted by Gasteiger charge is -2.17. The van der Waals surface area contributed by atoms with Crippen LogP contribution in [0, 0.1) is 5.92 Å². The molecule has 0 fully saturated rings. The summed E-state index contributed by atoms with van der Waals surface area (Å²) < 4.78 is 1.83. The van der Waals surface area contributed by atoms with Gasteiger partial charge >= 0.3 is 0 Å². The molecule has 3 aromatic rings. The molecule has 0 radical (unpaired) electrons. The van der Waals surface area contributed by atoms with Crippen LogP contribution in [0.25, 0.3) is 16.9 Å². The van der Waals surface area contributed by atoms with Gasteiger partial charge in [-0.1, -0.05) is 38.5 Å². The Kier molecular flexibility index (Phi) is 7.72. The van der Waals surface area contributed by atoms with E-state index in [-0.39, 0.29) is 24.2 Å². The predicted octanol–water partition coefficient (Wildman–Crippen LogP) is 3.35. The fourth-order valence-corrected chi connectivity index (χ4v) is 2.82. The second-order valence-corrected chi connectivity index (χ2v) is 6.65. The fourth-order valence-electron chi connectivity index (χ4n) is 2.82. The van der Waals surface area contributed by atoms with Crippen LogP contribution in [0.1, 0.15) is 25.8 Å². The van der Waals surface area contributed by atoms with Gasteiger partial charge in [0.05, 0.1) is 17.4 Å². The molecule has 1 aromatic carbocycles. The molecule has 3 N–H and O–H groups in total. The summed E-state index contributed by atoms with van der Waals surface area (Å²) in [5, 5.41) is 7.69. The quantitative estimate of drug-likeness (QED) is 0.638. The Morgan fingerprint density at radius 2 is 1.86 bits per heavy atom. The van der Waals surface area contributed by atoms with E-state index in [2.05, 4.69) is 10.3 Å². The van der Waals surface area contributed by atoms with Gasteiger partial charge in [-0.25, -0.2) is 4.68 Å². The molecule has 2 heterocycles. The largest absolute Gasteiger partial charge is 0.351 e. The third-order valence-corrected chi connectivity index (χ3v) is 4.78. The number of amides is 1. The van der Waals surface area contributed by atoms with Crippen molar-refractivity contribution in [3.05, 3.63) is 66.6 Å². The smallest absolute Gasteiger partial charge is 0.237 e. The first-order chi connectivity index (χ1) is 13.1. The highest BCUT2D eigenvalue weighted by Crippen LogP contribution is 2.23. The average molecular weight is 400 g/mol. The summed E-state index contributed by atoms with van der Waals surface area (Å²) in [6.45, 7) is 4.39. The van der Waals surface area contributed by atoms with Crippen molar-refractivity contribution in [2.45, 2.75) is 32.9 Å². The van der Waals surface area contributed by atoms with Crippen LogP contribution in [0.15, 0.2) is 61.1 Å². The van der Waals surface area contributed by atoms with Gasteiger partial charge < -0.3 is 11.1 Å². The van der Waals surface area contributed by atoms with E-state index in [1.54, 1.807) is 12.4 Å². The number of pyridine rings is 1. The van der Waals surface area contributed by atoms with Gasteiger partial charge in [-0.05, 0) is 30.2 Å². The topological polar surface area (TPSA) is 85.8 Å². The Labute approximate surface area is 171 Å². The molecule has 0 aliphatic carbocycles. The number of carbonyl (C=O) groups is 1. The molecular formula is C21H26ClN5O. The van der Waals surface area contributed by atoms with E-state index in [4.69, 9.17) is 10.8 Å². The van der Waals surface area contributed by atoms with Gasteiger partial charge in [0.15, 0.2) is 0 Å². The minimum Gasteiger partial charge on any atom is -0.351 e. The van der Waals surface area contributed by atoms with Gasteiger partial charge in [0.25, 0.3) is 0 Å². The molecule has 148 valence electrons. The zero-order valence-electron chi connectivity index (χ0n) is 16.1. The van der Waals surface area contributed by atoms with Crippen molar-refractivity contribution in [2.24, 2.45) is 11.7 Å². The highest BCUT2D eigenvalue weighted by Gasteiger charge is 2.20. The second kappa shape index (κ2) is 10.0. The van der Waals surface area contributed by atoms with Crippen molar-refractivity contribution in [2.75, 3.05) is 0 Å². The van der Waals surface area contributed by atoms with E-state index < -0.39 is 6.04 Å². The molecule has 0 spiro atoms. The molecule has 0 saturated carbocycles. The maximum atomic E-state index is 12.4. The lowest BCUT2D eigenvalue weighted by molar-refractivity contribution is -0.123. The molecule has 2 atom stereocenters. The number of hydrogen-bond donors (Lipinski definition) is 2. The van der Waals surface area contributed by atoms with Gasteiger partial charge in [0, 0.05) is 36.3 Å². The van der Waals surface area contributed by atoms with Crippen LogP contribution in [0.4, 0.5) is 0 Å². The van der Waals surface area contributed by atoms with Crippen LogP contribution < -0.4 is 11.1 Å². The summed E-state index contributed by atoms with van der Waals surface area (Å²) in [4.78, 5) is 16.4. The van der Waals surface area contributed by atoms with Crippen molar-refractivity contribution in [3.63, 3.8) is 0 Å². The molecule has 2 unspecified atom stereocenters. The van der Waals surface area contributed by atoms with Gasteiger partial charge in [0.2, 0.25) is 5.91 Å². The lowest BCUT2D eigenvalue weighted by Crippen LogP contribution is -2.44. The number of rotatable bonds is 7. The zero-order chi connectivity index (χ0) is 19.2. The van der Waals surface area contributed by atoms with E-state index >= 15 is 0 Å². The third-order valence-electron chi connectivity index (χ3n) is 4.78. The summed E-state index contributed by atoms with van der Waals surface area (Å²) in [5.41, 5.74) is 9.70. The number of aromatic nitrogens is 3. The van der Waals surface area contributed by atoms with E-state index in [1.807, 2.05) is 67.2 Å². The minimum atomic E-state index is -0.511. The number of nitrogens with zero attached hydrogens (tertiary/aromatic N) is 3. The van der Waals surface area contributed by atoms with Crippen LogP contribution in [0.3, 0.4) is 0 Å². The van der Waals surface area contributed by atoms with Crippen LogP contribution in [-0.2, 0) is 11.3 Å². The second-order valence-electron chi connectivity index (χ2n) is 6.65. The lowest BCUT2D eigenvalue weighted by atomic mass is 9.99. The zero-order valence-corrected chi connectivity index (χ0v) is 16.9. The van der Waals surface area contributed by atoms with Crippen molar-refractivity contribution < 1.29 is 4.79 Å². The summed E-state index contributed by atoms with van der Waals surface area (Å²) in [7, 11) is 0. The number of halogens is 1. The molecule has 2 aromatic heterocycles. The molecule has 0 aliphatic heterocycles. The predicted molar refractivity (Wildman–Crippen MR) is 113 cm³/mol. The van der Waals surface area contributed by atoms with Crippen LogP contribution in [0.5, 0.6) is 0 Å². The van der Waals surface area contributed by atoms with Crippen LogP contribution >= 0.6 is 12.4 Å². The normalized spacial score (nSPS) is 12.7. The molecule has 0 bridgehead atoms. The molecule has 0 aliphatic rings. The van der Waals surface area contributed by atoms with Gasteiger partial charge in [-0.2, -0.15) is 5.10 Å². The Bertz CT molecular complexity index is 882. The number of carbonyl (C=O) groups excluding carboxylic acids is 1. The van der Waals surface area contributed by atoms with Crippen LogP contribution in [-0.4, -0.2) is 26.7 Å². The highest BCUT2D eigenvalue weighted by molar-refractivity contribution is 5.85. The van der Waals surface area contributed by atoms with Gasteiger partial charge in [-0.3, -0.25) is 9.78 Å². The highest BCUT2D eigenvalue weighted by atomic mass is 35.5. The first kappa shape index (κ1) is 21.6. The van der Waals surface area contributed by atoms with E-state index in [1.165, 1.54) is 0 Å². The third kappa shape index (κ3) is 4.97. The Hall–Kier alpha value is -2.70. The van der Waals surface area contributed by atoms with Gasteiger partial charge in [-0.15, -0.1) is 12.4 Å². The first-order valence-corrected chi connectivity index (χ1v) is 9.17. The van der Waals surface area contributed by atoms with Crippen molar-refractivity contribution >= 4 is 18.3 Å². The molecule has 0 saturated heterocycles. The molecule has 6 nitrogen and oxygen atoms in total. The molecule has 7 heteroatoms. The molecular weight excluding hydrogens is 374 g/mol. The number of para-hydroxylation sites is 1. The maximum Gasteiger partial charge on any atom is 0.237 e. The summed E-state index contributed by atoms with van der Waals surface area (Å²) in [6.07, 6.45) is 6.28. The monoisotopic (exact) mass is 399 g/mol. The molecule has 28 heavy (non-hydrogen) atoms.